The zero-order valence-electron chi connectivity index (χ0n) is 18.0. The van der Waals surface area contributed by atoms with Gasteiger partial charge in [-0.05, 0) is 32.6 Å². The molecule has 29 heavy (non-hydrogen) atoms. The number of hydrogen-bond acceptors (Lipinski definition) is 5. The Labute approximate surface area is 172 Å². The van der Waals surface area contributed by atoms with Crippen molar-refractivity contribution in [2.45, 2.75) is 85.9 Å². The minimum atomic E-state index is -2.57. The Balaban J connectivity index is 0.000000960. The van der Waals surface area contributed by atoms with Crippen LogP contribution in [0.4, 0.5) is 0 Å². The van der Waals surface area contributed by atoms with Crippen LogP contribution in [0.5, 0.6) is 0 Å². The van der Waals surface area contributed by atoms with E-state index in [4.69, 9.17) is 4.89 Å². The summed E-state index contributed by atoms with van der Waals surface area (Å²) in [5.74, 6) is 0. The number of aryl methyl sites for hydroxylation is 2. The maximum absolute atomic E-state index is 12.8. The maximum Gasteiger partial charge on any atom is 0.694 e. The minimum absolute atomic E-state index is 0.183. The van der Waals surface area contributed by atoms with Gasteiger partial charge in [0.15, 0.2) is 11.2 Å². The molecule has 1 N–H and O–H groups in total. The van der Waals surface area contributed by atoms with Crippen LogP contribution in [0.15, 0.2) is 15.9 Å². The highest BCUT2D eigenvalue weighted by atomic mass is 31.1. The molecule has 164 valence electrons. The molecule has 0 saturated heterocycles. The molecule has 2 aromatic rings. The number of unbranched alkanes of at least 4 members (excludes halogenated alkanes) is 3. The lowest BCUT2D eigenvalue weighted by atomic mass is 10.2. The predicted molar refractivity (Wildman–Crippen MR) is 114 cm³/mol. The zero-order valence-corrected chi connectivity index (χ0v) is 18.9. The summed E-state index contributed by atoms with van der Waals surface area (Å²) in [5, 5.41) is 0. The van der Waals surface area contributed by atoms with E-state index in [2.05, 4.69) is 23.4 Å². The molecule has 2 rings (SSSR count). The van der Waals surface area contributed by atoms with Gasteiger partial charge in [-0.25, -0.2) is 9.78 Å². The summed E-state index contributed by atoms with van der Waals surface area (Å²) in [6.07, 6.45) is 7.00. The number of nitrogens with zero attached hydrogens (tertiary/aromatic N) is 4. The molecular weight excluding hydrogens is 395 g/mol. The van der Waals surface area contributed by atoms with E-state index in [-0.39, 0.29) is 17.9 Å². The molecule has 0 radical (unpaired) electrons. The van der Waals surface area contributed by atoms with E-state index in [1.165, 1.54) is 22.0 Å². The van der Waals surface area contributed by atoms with Crippen LogP contribution in [0.25, 0.3) is 11.2 Å². The molecule has 0 aliphatic heterocycles. The number of rotatable bonds is 11. The molecule has 0 fully saturated rings. The summed E-state index contributed by atoms with van der Waals surface area (Å²) in [5.41, 5.74) is 0.230. The molecule has 0 saturated carbocycles. The SMILES string of the molecule is CCCC.CCCn1cnc2c1c(=O)n(CCCCCO[P+](=O)O)c(=O)n2CC. The van der Waals surface area contributed by atoms with Gasteiger partial charge in [-0.1, -0.05) is 33.6 Å². The Morgan fingerprint density at radius 1 is 1.00 bits per heavy atom. The topological polar surface area (TPSA) is 108 Å². The molecule has 0 amide bonds. The van der Waals surface area contributed by atoms with Crippen molar-refractivity contribution < 1.29 is 14.0 Å². The van der Waals surface area contributed by atoms with E-state index in [9.17, 15) is 14.2 Å². The first-order valence-corrected chi connectivity index (χ1v) is 11.5. The Kier molecular flexibility index (Phi) is 11.7. The average molecular weight is 429 g/mol. The van der Waals surface area contributed by atoms with E-state index < -0.39 is 8.25 Å². The molecule has 9 nitrogen and oxygen atoms in total. The summed E-state index contributed by atoms with van der Waals surface area (Å²) in [6, 6.07) is 0. The summed E-state index contributed by atoms with van der Waals surface area (Å²) >= 11 is 0. The van der Waals surface area contributed by atoms with E-state index in [0.717, 1.165) is 6.42 Å². The molecule has 0 aromatic carbocycles. The largest absolute Gasteiger partial charge is 0.694 e. The van der Waals surface area contributed by atoms with Gasteiger partial charge < -0.3 is 4.57 Å². The third-order valence-electron chi connectivity index (χ3n) is 4.49. The van der Waals surface area contributed by atoms with Crippen molar-refractivity contribution in [3.8, 4) is 0 Å². The van der Waals surface area contributed by atoms with Crippen LogP contribution in [0.2, 0.25) is 0 Å². The van der Waals surface area contributed by atoms with E-state index in [0.29, 0.717) is 50.1 Å². The highest BCUT2D eigenvalue weighted by molar-refractivity contribution is 7.32. The van der Waals surface area contributed by atoms with Crippen LogP contribution >= 0.6 is 8.25 Å². The second-order valence-corrected chi connectivity index (χ2v) is 7.46. The van der Waals surface area contributed by atoms with Crippen molar-refractivity contribution >= 4 is 19.4 Å². The number of fused-ring (bicyclic) bond motifs is 1. The van der Waals surface area contributed by atoms with Crippen LogP contribution in [0.1, 0.15) is 66.2 Å². The van der Waals surface area contributed by atoms with Gasteiger partial charge in [-0.15, -0.1) is 9.42 Å². The molecule has 0 spiro atoms. The van der Waals surface area contributed by atoms with Crippen molar-refractivity contribution in [3.05, 3.63) is 27.2 Å². The summed E-state index contributed by atoms with van der Waals surface area (Å²) in [4.78, 5) is 38.2. The van der Waals surface area contributed by atoms with Gasteiger partial charge in [0.2, 0.25) is 0 Å². The number of imidazole rings is 1. The lowest BCUT2D eigenvalue weighted by molar-refractivity contribution is 0.273. The third-order valence-corrected chi connectivity index (χ3v) is 4.90. The van der Waals surface area contributed by atoms with Gasteiger partial charge in [0.05, 0.1) is 6.33 Å². The quantitative estimate of drug-likeness (QED) is 0.433. The highest BCUT2D eigenvalue weighted by Crippen LogP contribution is 2.15. The Morgan fingerprint density at radius 3 is 2.24 bits per heavy atom. The van der Waals surface area contributed by atoms with Crippen LogP contribution in [0.3, 0.4) is 0 Å². The second-order valence-electron chi connectivity index (χ2n) is 6.73. The number of hydrogen-bond donors (Lipinski definition) is 1. The van der Waals surface area contributed by atoms with Crippen molar-refractivity contribution in [2.75, 3.05) is 6.61 Å². The van der Waals surface area contributed by atoms with Gasteiger partial charge in [0.1, 0.15) is 6.61 Å². The minimum Gasteiger partial charge on any atom is -0.325 e. The van der Waals surface area contributed by atoms with E-state index in [1.54, 1.807) is 10.9 Å². The maximum atomic E-state index is 12.8. The Hall–Kier alpha value is -1.83. The van der Waals surface area contributed by atoms with Gasteiger partial charge in [0, 0.05) is 24.2 Å². The van der Waals surface area contributed by atoms with E-state index in [1.807, 2.05) is 13.8 Å². The first-order chi connectivity index (χ1) is 13.9. The molecular formula is C19H34N4O5P+. The Morgan fingerprint density at radius 2 is 1.69 bits per heavy atom. The van der Waals surface area contributed by atoms with Gasteiger partial charge in [-0.2, -0.15) is 0 Å². The smallest absolute Gasteiger partial charge is 0.325 e. The average Bonchev–Trinajstić information content (AvgIpc) is 3.11. The first kappa shape index (κ1) is 25.2. The zero-order chi connectivity index (χ0) is 21.8. The van der Waals surface area contributed by atoms with E-state index >= 15 is 0 Å². The van der Waals surface area contributed by atoms with Crippen LogP contribution in [-0.4, -0.2) is 30.2 Å². The molecule has 2 aromatic heterocycles. The van der Waals surface area contributed by atoms with Crippen LogP contribution < -0.4 is 11.2 Å². The summed E-state index contributed by atoms with van der Waals surface area (Å²) in [6.45, 7) is 9.82. The Bertz CT molecular complexity index is 885. The van der Waals surface area contributed by atoms with Crippen molar-refractivity contribution in [2.24, 2.45) is 0 Å². The number of aromatic nitrogens is 4. The summed E-state index contributed by atoms with van der Waals surface area (Å²) in [7, 11) is -2.57. The lowest BCUT2D eigenvalue weighted by Gasteiger charge is -2.11. The van der Waals surface area contributed by atoms with Gasteiger partial charge in [-0.3, -0.25) is 13.9 Å². The van der Waals surface area contributed by atoms with Crippen molar-refractivity contribution in [1.82, 2.24) is 18.7 Å². The summed E-state index contributed by atoms with van der Waals surface area (Å²) < 4.78 is 19.6. The van der Waals surface area contributed by atoms with Gasteiger partial charge in [0.25, 0.3) is 5.56 Å². The molecule has 0 aliphatic carbocycles. The second kappa shape index (κ2) is 13.4. The first-order valence-electron chi connectivity index (χ1n) is 10.4. The lowest BCUT2D eigenvalue weighted by Crippen LogP contribution is -2.40. The predicted octanol–water partition coefficient (Wildman–Crippen LogP) is 3.43. The third kappa shape index (κ3) is 7.17. The van der Waals surface area contributed by atoms with Crippen molar-refractivity contribution in [3.63, 3.8) is 0 Å². The molecule has 1 atom stereocenters. The van der Waals surface area contributed by atoms with Crippen molar-refractivity contribution in [1.29, 1.82) is 0 Å². The molecule has 0 aliphatic rings. The highest BCUT2D eigenvalue weighted by Gasteiger charge is 2.17. The van der Waals surface area contributed by atoms with Gasteiger partial charge >= 0.3 is 13.9 Å². The standard InChI is InChI=1S/C15H23N4O5P.C4H10/c1-3-8-17-11-16-13-12(17)14(20)19(15(21)18(13)4-2)9-6-5-7-10-24-25(22)23;1-3-4-2/h11H,3-10H2,1-2H3;3-4H2,1-2H3/p+1. The molecule has 10 heteroatoms. The van der Waals surface area contributed by atoms with Crippen LogP contribution in [0, 0.1) is 0 Å². The fourth-order valence-corrected chi connectivity index (χ4v) is 3.11. The molecule has 2 heterocycles. The normalized spacial score (nSPS) is 11.4. The molecule has 1 unspecified atom stereocenters. The monoisotopic (exact) mass is 429 g/mol. The molecule has 0 bridgehead atoms. The fourth-order valence-electron chi connectivity index (χ4n) is 2.82. The van der Waals surface area contributed by atoms with Crippen LogP contribution in [-0.2, 0) is 28.7 Å². The fraction of sp³-hybridized carbons (Fsp3) is 0.737.